The summed E-state index contributed by atoms with van der Waals surface area (Å²) in [5, 5.41) is 10.2. The van der Waals surface area contributed by atoms with E-state index in [0.29, 0.717) is 5.82 Å². The first-order valence-corrected chi connectivity index (χ1v) is 10.2. The molecule has 0 aliphatic carbocycles. The van der Waals surface area contributed by atoms with Gasteiger partial charge in [-0.1, -0.05) is 17.7 Å². The van der Waals surface area contributed by atoms with Crippen molar-refractivity contribution in [1.82, 2.24) is 19.7 Å². The topological polar surface area (TPSA) is 114 Å². The minimum atomic E-state index is -3.69. The van der Waals surface area contributed by atoms with Gasteiger partial charge in [-0.05, 0) is 19.1 Å². The Hall–Kier alpha value is -2.92. The van der Waals surface area contributed by atoms with E-state index in [0.717, 1.165) is 18.0 Å². The molecule has 0 amide bonds. The van der Waals surface area contributed by atoms with Gasteiger partial charge in [-0.3, -0.25) is 9.40 Å². The highest BCUT2D eigenvalue weighted by atomic mass is 35.5. The summed E-state index contributed by atoms with van der Waals surface area (Å²) in [6, 6.07) is 5.86. The molecule has 0 saturated carbocycles. The fraction of sp³-hybridized carbons (Fsp3) is 0.188. The van der Waals surface area contributed by atoms with E-state index in [-0.39, 0.29) is 28.2 Å². The number of aromatic nitrogens is 4. The van der Waals surface area contributed by atoms with Gasteiger partial charge in [0, 0.05) is 18.8 Å². The monoisotopic (exact) mass is 425 g/mol. The molecule has 28 heavy (non-hydrogen) atoms. The summed E-state index contributed by atoms with van der Waals surface area (Å²) in [5.41, 5.74) is 0.839. The number of hydrogen-bond donors (Lipinski definition) is 3. The molecular weight excluding hydrogens is 409 g/mol. The summed E-state index contributed by atoms with van der Waals surface area (Å²) in [5.74, 6) is 0.161. The van der Waals surface area contributed by atoms with Crippen LogP contribution in [0, 0.1) is 12.7 Å². The van der Waals surface area contributed by atoms with Crippen LogP contribution in [-0.4, -0.2) is 34.4 Å². The molecule has 2 heterocycles. The fourth-order valence-electron chi connectivity index (χ4n) is 2.30. The lowest BCUT2D eigenvalue weighted by atomic mass is 10.2. The lowest BCUT2D eigenvalue weighted by Crippen LogP contribution is -2.13. The van der Waals surface area contributed by atoms with Crippen LogP contribution in [0.3, 0.4) is 0 Å². The van der Waals surface area contributed by atoms with Gasteiger partial charge in [0.05, 0.1) is 18.1 Å². The van der Waals surface area contributed by atoms with Crippen LogP contribution >= 0.6 is 11.6 Å². The predicted octanol–water partition coefficient (Wildman–Crippen LogP) is 3.17. The van der Waals surface area contributed by atoms with Crippen molar-refractivity contribution in [2.75, 3.05) is 21.6 Å². The SMILES string of the molecule is Cc1cc(Nc2ncc(Cl)c(Nc3cccc(F)c3NS(C)(=O)=O)n2)nn1C. The molecular formula is C16H17ClFN7O2S. The molecule has 1 aromatic carbocycles. The average molecular weight is 426 g/mol. The Morgan fingerprint density at radius 2 is 2.00 bits per heavy atom. The van der Waals surface area contributed by atoms with Gasteiger partial charge in [-0.2, -0.15) is 10.1 Å². The zero-order valence-corrected chi connectivity index (χ0v) is 16.7. The summed E-state index contributed by atoms with van der Waals surface area (Å²) < 4.78 is 41.0. The van der Waals surface area contributed by atoms with Crippen LogP contribution in [0.5, 0.6) is 0 Å². The number of aryl methyl sites for hydroxylation is 2. The van der Waals surface area contributed by atoms with Gasteiger partial charge >= 0.3 is 0 Å². The Bertz CT molecular complexity index is 1110. The molecule has 12 heteroatoms. The zero-order chi connectivity index (χ0) is 20.5. The highest BCUT2D eigenvalue weighted by molar-refractivity contribution is 7.92. The third-order valence-corrected chi connectivity index (χ3v) is 4.50. The van der Waals surface area contributed by atoms with E-state index in [1.165, 1.54) is 18.3 Å². The second-order valence-electron chi connectivity index (χ2n) is 5.97. The molecule has 9 nitrogen and oxygen atoms in total. The van der Waals surface area contributed by atoms with Crippen LogP contribution in [0.15, 0.2) is 30.5 Å². The second-order valence-corrected chi connectivity index (χ2v) is 8.13. The number of para-hydroxylation sites is 1. The van der Waals surface area contributed by atoms with Gasteiger partial charge in [-0.25, -0.2) is 17.8 Å². The van der Waals surface area contributed by atoms with Crippen molar-refractivity contribution in [3.8, 4) is 0 Å². The van der Waals surface area contributed by atoms with Crippen LogP contribution in [-0.2, 0) is 17.1 Å². The summed E-state index contributed by atoms with van der Waals surface area (Å²) in [6.45, 7) is 1.90. The van der Waals surface area contributed by atoms with Crippen molar-refractivity contribution >= 4 is 50.6 Å². The van der Waals surface area contributed by atoms with Crippen molar-refractivity contribution in [2.24, 2.45) is 7.05 Å². The summed E-state index contributed by atoms with van der Waals surface area (Å²) in [7, 11) is -1.89. The van der Waals surface area contributed by atoms with Crippen LogP contribution in [0.4, 0.5) is 33.3 Å². The first-order chi connectivity index (χ1) is 13.1. The maximum Gasteiger partial charge on any atom is 0.230 e. The van der Waals surface area contributed by atoms with Crippen LogP contribution in [0.25, 0.3) is 0 Å². The molecule has 0 atom stereocenters. The lowest BCUT2D eigenvalue weighted by molar-refractivity contribution is 0.604. The molecule has 0 fully saturated rings. The molecule has 3 rings (SSSR count). The van der Waals surface area contributed by atoms with E-state index in [1.807, 2.05) is 13.0 Å². The van der Waals surface area contributed by atoms with E-state index in [4.69, 9.17) is 11.6 Å². The van der Waals surface area contributed by atoms with Gasteiger partial charge in [0.25, 0.3) is 0 Å². The van der Waals surface area contributed by atoms with Crippen molar-refractivity contribution in [3.05, 3.63) is 47.0 Å². The smallest absolute Gasteiger partial charge is 0.230 e. The molecule has 0 unspecified atom stereocenters. The van der Waals surface area contributed by atoms with Gasteiger partial charge in [0.2, 0.25) is 16.0 Å². The summed E-state index contributed by atoms with van der Waals surface area (Å²) >= 11 is 6.14. The molecule has 2 aromatic heterocycles. The largest absolute Gasteiger partial charge is 0.337 e. The van der Waals surface area contributed by atoms with Crippen LogP contribution in [0.1, 0.15) is 5.69 Å². The molecule has 0 aliphatic heterocycles. The number of hydrogen-bond acceptors (Lipinski definition) is 7. The predicted molar refractivity (Wildman–Crippen MR) is 106 cm³/mol. The Morgan fingerprint density at radius 1 is 1.25 bits per heavy atom. The second kappa shape index (κ2) is 7.60. The third-order valence-electron chi connectivity index (χ3n) is 3.65. The van der Waals surface area contributed by atoms with Gasteiger partial charge < -0.3 is 10.6 Å². The fourth-order valence-corrected chi connectivity index (χ4v) is 3.01. The quantitative estimate of drug-likeness (QED) is 0.555. The number of halogens is 2. The molecule has 0 radical (unpaired) electrons. The van der Waals surface area contributed by atoms with Crippen molar-refractivity contribution in [2.45, 2.75) is 6.92 Å². The Morgan fingerprint density at radius 3 is 2.64 bits per heavy atom. The van der Waals surface area contributed by atoms with Crippen molar-refractivity contribution < 1.29 is 12.8 Å². The van der Waals surface area contributed by atoms with E-state index in [2.05, 4.69) is 30.4 Å². The number of rotatable bonds is 6. The van der Waals surface area contributed by atoms with E-state index in [9.17, 15) is 12.8 Å². The van der Waals surface area contributed by atoms with Crippen LogP contribution in [0.2, 0.25) is 5.02 Å². The Kier molecular flexibility index (Phi) is 5.38. The number of sulfonamides is 1. The minimum Gasteiger partial charge on any atom is -0.337 e. The molecule has 3 aromatic rings. The molecule has 0 saturated heterocycles. The first kappa shape index (κ1) is 19.8. The van der Waals surface area contributed by atoms with Crippen molar-refractivity contribution in [3.63, 3.8) is 0 Å². The lowest BCUT2D eigenvalue weighted by Gasteiger charge is -2.14. The molecule has 148 valence electrons. The van der Waals surface area contributed by atoms with E-state index < -0.39 is 15.8 Å². The first-order valence-electron chi connectivity index (χ1n) is 7.96. The molecule has 0 aliphatic rings. The van der Waals surface area contributed by atoms with Crippen LogP contribution < -0.4 is 15.4 Å². The highest BCUT2D eigenvalue weighted by Gasteiger charge is 2.15. The van der Waals surface area contributed by atoms with Gasteiger partial charge in [0.15, 0.2) is 11.6 Å². The average Bonchev–Trinajstić information content (AvgIpc) is 2.90. The number of nitrogens with one attached hydrogen (secondary N) is 3. The van der Waals surface area contributed by atoms with Gasteiger partial charge in [-0.15, -0.1) is 0 Å². The normalized spacial score (nSPS) is 11.3. The Balaban J connectivity index is 1.92. The zero-order valence-electron chi connectivity index (χ0n) is 15.2. The number of benzene rings is 1. The van der Waals surface area contributed by atoms with Gasteiger partial charge in [0.1, 0.15) is 16.5 Å². The van der Waals surface area contributed by atoms with E-state index in [1.54, 1.807) is 11.7 Å². The standard InChI is InChI=1S/C16H17ClFN7O2S/c1-9-7-13(23-25(9)2)21-16-19-8-10(17)15(22-16)20-12-6-4-5-11(18)14(12)24-28(3,26)27/h4-8,24H,1-3H3,(H2,19,20,21,22,23). The minimum absolute atomic E-state index is 0.144. The highest BCUT2D eigenvalue weighted by Crippen LogP contribution is 2.31. The maximum atomic E-state index is 14.1. The molecule has 3 N–H and O–H groups in total. The number of anilines is 5. The Labute approximate surface area is 166 Å². The maximum absolute atomic E-state index is 14.1. The van der Waals surface area contributed by atoms with Crippen molar-refractivity contribution in [1.29, 1.82) is 0 Å². The number of nitrogens with zero attached hydrogens (tertiary/aromatic N) is 4. The molecule has 0 bridgehead atoms. The van der Waals surface area contributed by atoms with E-state index >= 15 is 0 Å². The molecule has 0 spiro atoms. The summed E-state index contributed by atoms with van der Waals surface area (Å²) in [6.07, 6.45) is 2.29. The third kappa shape index (κ3) is 4.67. The summed E-state index contributed by atoms with van der Waals surface area (Å²) in [4.78, 5) is 8.34.